The molecule has 1 aliphatic heterocycles. The molecule has 0 bridgehead atoms. The molecule has 1 atom stereocenters. The molecule has 2 rings (SSSR count). The van der Waals surface area contributed by atoms with Crippen LogP contribution in [0.4, 0.5) is 0 Å². The van der Waals surface area contributed by atoms with Crippen molar-refractivity contribution in [3.05, 3.63) is 11.8 Å². The smallest absolute Gasteiger partial charge is 0.230 e. The van der Waals surface area contributed by atoms with E-state index < -0.39 is 0 Å². The van der Waals surface area contributed by atoms with E-state index in [0.29, 0.717) is 24.9 Å². The molecule has 1 aromatic rings. The van der Waals surface area contributed by atoms with Crippen LogP contribution in [0.5, 0.6) is 0 Å². The van der Waals surface area contributed by atoms with E-state index in [1.807, 2.05) is 6.92 Å². The van der Waals surface area contributed by atoms with Crippen molar-refractivity contribution in [1.82, 2.24) is 15.1 Å². The maximum atomic E-state index is 9.32. The Hall–Kier alpha value is -0.940. The van der Waals surface area contributed by atoms with Crippen LogP contribution in [0.1, 0.15) is 25.1 Å². The molecule has 0 amide bonds. The third kappa shape index (κ3) is 2.10. The first-order chi connectivity index (χ1) is 6.78. The van der Waals surface area contributed by atoms with Crippen LogP contribution in [-0.2, 0) is 13.0 Å². The fourth-order valence-corrected chi connectivity index (χ4v) is 1.64. The van der Waals surface area contributed by atoms with Gasteiger partial charge in [0.05, 0.1) is 12.6 Å². The lowest BCUT2D eigenvalue weighted by Crippen LogP contribution is -2.21. The van der Waals surface area contributed by atoms with Crippen molar-refractivity contribution >= 4 is 0 Å². The molecule has 1 N–H and O–H groups in total. The molecule has 78 valence electrons. The van der Waals surface area contributed by atoms with E-state index in [1.54, 1.807) is 0 Å². The first-order valence-electron chi connectivity index (χ1n) is 4.99. The molecule has 1 fully saturated rings. The predicted octanol–water partition coefficient (Wildman–Crippen LogP) is 0.199. The van der Waals surface area contributed by atoms with Gasteiger partial charge in [-0.2, -0.15) is 0 Å². The number of likely N-dealkylation sites (tertiary alicyclic amines) is 1. The molecule has 14 heavy (non-hydrogen) atoms. The molecule has 5 nitrogen and oxygen atoms in total. The molecule has 1 aromatic heterocycles. The van der Waals surface area contributed by atoms with Crippen molar-refractivity contribution in [2.75, 3.05) is 13.1 Å². The number of aromatic nitrogens is 2. The van der Waals surface area contributed by atoms with Crippen LogP contribution in [0.25, 0.3) is 0 Å². The number of aliphatic hydroxyl groups is 1. The number of hydrogen-bond acceptors (Lipinski definition) is 5. The summed E-state index contributed by atoms with van der Waals surface area (Å²) >= 11 is 0. The summed E-state index contributed by atoms with van der Waals surface area (Å²) in [6.45, 7) is 4.26. The fraction of sp³-hybridized carbons (Fsp3) is 0.778. The molecule has 1 aliphatic rings. The van der Waals surface area contributed by atoms with Gasteiger partial charge in [-0.1, -0.05) is 6.92 Å². The topological polar surface area (TPSA) is 62.4 Å². The van der Waals surface area contributed by atoms with Crippen molar-refractivity contribution in [2.24, 2.45) is 0 Å². The van der Waals surface area contributed by atoms with Crippen molar-refractivity contribution < 1.29 is 9.52 Å². The van der Waals surface area contributed by atoms with Gasteiger partial charge in [0, 0.05) is 19.5 Å². The number of nitrogens with zero attached hydrogens (tertiary/aromatic N) is 3. The number of β-amino-alcohol motifs (C(OH)–C–C–N with tert-alkyl or cyclic N) is 1. The highest BCUT2D eigenvalue weighted by Gasteiger charge is 2.21. The summed E-state index contributed by atoms with van der Waals surface area (Å²) in [5, 5.41) is 17.1. The maximum absolute atomic E-state index is 9.32. The maximum Gasteiger partial charge on any atom is 0.230 e. The van der Waals surface area contributed by atoms with Gasteiger partial charge < -0.3 is 9.52 Å². The monoisotopic (exact) mass is 197 g/mol. The van der Waals surface area contributed by atoms with Crippen molar-refractivity contribution in [3.63, 3.8) is 0 Å². The second-order valence-corrected chi connectivity index (χ2v) is 3.62. The Kier molecular flexibility index (Phi) is 2.79. The van der Waals surface area contributed by atoms with Crippen LogP contribution in [-0.4, -0.2) is 39.4 Å². The highest BCUT2D eigenvalue weighted by Crippen LogP contribution is 2.12. The second-order valence-electron chi connectivity index (χ2n) is 3.62. The average molecular weight is 197 g/mol. The van der Waals surface area contributed by atoms with Crippen LogP contribution >= 0.6 is 0 Å². The van der Waals surface area contributed by atoms with E-state index in [4.69, 9.17) is 4.42 Å². The van der Waals surface area contributed by atoms with Gasteiger partial charge in [-0.05, 0) is 6.42 Å². The predicted molar refractivity (Wildman–Crippen MR) is 49.6 cm³/mol. The normalized spacial score (nSPS) is 23.1. The quantitative estimate of drug-likeness (QED) is 0.750. The van der Waals surface area contributed by atoms with Gasteiger partial charge in [0.25, 0.3) is 0 Å². The van der Waals surface area contributed by atoms with E-state index in [-0.39, 0.29) is 6.10 Å². The molecule has 0 radical (unpaired) electrons. The summed E-state index contributed by atoms with van der Waals surface area (Å²) in [6, 6.07) is 0. The van der Waals surface area contributed by atoms with E-state index in [0.717, 1.165) is 19.4 Å². The van der Waals surface area contributed by atoms with Gasteiger partial charge >= 0.3 is 0 Å². The second kappa shape index (κ2) is 4.06. The standard InChI is InChI=1S/C9H15N3O2/c1-2-8-10-11-9(14-8)6-12-4-3-7(13)5-12/h7,13H,2-6H2,1H3/t7-/m0/s1. The Morgan fingerprint density at radius 1 is 1.50 bits per heavy atom. The summed E-state index contributed by atoms with van der Waals surface area (Å²) in [4.78, 5) is 2.12. The molecule has 5 heteroatoms. The van der Waals surface area contributed by atoms with E-state index in [1.165, 1.54) is 0 Å². The Morgan fingerprint density at radius 2 is 2.29 bits per heavy atom. The minimum atomic E-state index is -0.191. The van der Waals surface area contributed by atoms with Crippen LogP contribution in [0, 0.1) is 0 Å². The highest BCUT2D eigenvalue weighted by atomic mass is 16.4. The van der Waals surface area contributed by atoms with E-state index >= 15 is 0 Å². The van der Waals surface area contributed by atoms with Crippen LogP contribution in [0.3, 0.4) is 0 Å². The van der Waals surface area contributed by atoms with Crippen molar-refractivity contribution in [3.8, 4) is 0 Å². The van der Waals surface area contributed by atoms with Crippen LogP contribution in [0.2, 0.25) is 0 Å². The highest BCUT2D eigenvalue weighted by molar-refractivity contribution is 4.84. The Balaban J connectivity index is 1.90. The lowest BCUT2D eigenvalue weighted by molar-refractivity contribution is 0.171. The summed E-state index contributed by atoms with van der Waals surface area (Å²) in [6.07, 6.45) is 1.42. The molecule has 2 heterocycles. The molecule has 0 saturated carbocycles. The molecule has 0 aliphatic carbocycles. The largest absolute Gasteiger partial charge is 0.424 e. The first-order valence-corrected chi connectivity index (χ1v) is 4.99. The molecule has 1 saturated heterocycles. The zero-order valence-electron chi connectivity index (χ0n) is 8.31. The molecule has 0 unspecified atom stereocenters. The fourth-order valence-electron chi connectivity index (χ4n) is 1.64. The van der Waals surface area contributed by atoms with Crippen LogP contribution in [0.15, 0.2) is 4.42 Å². The number of hydrogen-bond donors (Lipinski definition) is 1. The van der Waals surface area contributed by atoms with Gasteiger partial charge in [-0.25, -0.2) is 0 Å². The molecular weight excluding hydrogens is 182 g/mol. The first kappa shape index (κ1) is 9.61. The lowest BCUT2D eigenvalue weighted by Gasteiger charge is -2.10. The molecule has 0 spiro atoms. The lowest BCUT2D eigenvalue weighted by atomic mass is 10.3. The van der Waals surface area contributed by atoms with Crippen molar-refractivity contribution in [2.45, 2.75) is 32.4 Å². The zero-order valence-corrected chi connectivity index (χ0v) is 8.31. The summed E-state index contributed by atoms with van der Waals surface area (Å²) < 4.78 is 5.38. The van der Waals surface area contributed by atoms with Gasteiger partial charge in [-0.3, -0.25) is 4.90 Å². The summed E-state index contributed by atoms with van der Waals surface area (Å²) in [5.41, 5.74) is 0. The molecular formula is C9H15N3O2. The average Bonchev–Trinajstić information content (AvgIpc) is 2.76. The minimum Gasteiger partial charge on any atom is -0.424 e. The SMILES string of the molecule is CCc1nnc(CN2CC[C@H](O)C2)o1. The number of aryl methyl sites for hydroxylation is 1. The summed E-state index contributed by atoms with van der Waals surface area (Å²) in [5.74, 6) is 1.33. The third-order valence-electron chi connectivity index (χ3n) is 2.42. The Morgan fingerprint density at radius 3 is 2.86 bits per heavy atom. The van der Waals surface area contributed by atoms with E-state index in [2.05, 4.69) is 15.1 Å². The Bertz CT molecular complexity index is 300. The van der Waals surface area contributed by atoms with E-state index in [9.17, 15) is 5.11 Å². The number of rotatable bonds is 3. The van der Waals surface area contributed by atoms with Gasteiger partial charge in [0.2, 0.25) is 11.8 Å². The number of aliphatic hydroxyl groups excluding tert-OH is 1. The van der Waals surface area contributed by atoms with Gasteiger partial charge in [0.15, 0.2) is 0 Å². The summed E-state index contributed by atoms with van der Waals surface area (Å²) in [7, 11) is 0. The van der Waals surface area contributed by atoms with Gasteiger partial charge in [0.1, 0.15) is 0 Å². The van der Waals surface area contributed by atoms with Crippen LogP contribution < -0.4 is 0 Å². The zero-order chi connectivity index (χ0) is 9.97. The molecule has 0 aromatic carbocycles. The van der Waals surface area contributed by atoms with Crippen molar-refractivity contribution in [1.29, 1.82) is 0 Å². The Labute approximate surface area is 82.7 Å². The minimum absolute atomic E-state index is 0.191. The third-order valence-corrected chi connectivity index (χ3v) is 2.42. The van der Waals surface area contributed by atoms with Gasteiger partial charge in [-0.15, -0.1) is 10.2 Å².